The number of rotatable bonds is 3. The maximum Gasteiger partial charge on any atom is 0.0810 e. The monoisotopic (exact) mass is 233 g/mol. The van der Waals surface area contributed by atoms with Crippen LogP contribution in [-0.2, 0) is 0 Å². The maximum absolute atomic E-state index is 10.2. The molecule has 0 aromatic heterocycles. The highest BCUT2D eigenvalue weighted by atomic mass is 16.3. The molecular weight excluding hydrogens is 210 g/mol. The van der Waals surface area contributed by atoms with Gasteiger partial charge < -0.3 is 10.0 Å². The van der Waals surface area contributed by atoms with E-state index in [1.54, 1.807) is 0 Å². The van der Waals surface area contributed by atoms with Gasteiger partial charge >= 0.3 is 0 Å². The van der Waals surface area contributed by atoms with Crippen LogP contribution in [0.5, 0.6) is 0 Å². The summed E-state index contributed by atoms with van der Waals surface area (Å²) in [6, 6.07) is 8.93. The summed E-state index contributed by atoms with van der Waals surface area (Å²) in [5.74, 6) is 0. The molecule has 0 fully saturated rings. The summed E-state index contributed by atoms with van der Waals surface area (Å²) in [5, 5.41) is 10.2. The van der Waals surface area contributed by atoms with Crippen molar-refractivity contribution < 1.29 is 5.11 Å². The Kier molecular flexibility index (Phi) is 4.06. The van der Waals surface area contributed by atoms with Gasteiger partial charge in [0.25, 0.3) is 0 Å². The molecule has 0 aliphatic carbocycles. The number of hydrogen-bond acceptors (Lipinski definition) is 2. The maximum atomic E-state index is 10.2. The third kappa shape index (κ3) is 2.47. The Hall–Kier alpha value is -1.02. The fourth-order valence-electron chi connectivity index (χ4n) is 2.87. The van der Waals surface area contributed by atoms with E-state index < -0.39 is 0 Å². The van der Waals surface area contributed by atoms with Gasteiger partial charge in [-0.15, -0.1) is 0 Å². The fraction of sp³-hybridized carbons (Fsp3) is 0.600. The molecule has 0 saturated heterocycles. The normalized spacial score (nSPS) is 20.2. The molecule has 1 aliphatic rings. The van der Waals surface area contributed by atoms with Crippen LogP contribution < -0.4 is 4.90 Å². The first-order chi connectivity index (χ1) is 8.27. The van der Waals surface area contributed by atoms with Crippen molar-refractivity contribution in [3.8, 4) is 0 Å². The highest BCUT2D eigenvalue weighted by Crippen LogP contribution is 2.34. The molecule has 1 N–H and O–H groups in total. The minimum Gasteiger partial charge on any atom is -0.388 e. The van der Waals surface area contributed by atoms with E-state index in [-0.39, 0.29) is 6.10 Å². The number of aliphatic hydroxyl groups excluding tert-OH is 1. The third-order valence-corrected chi connectivity index (χ3v) is 3.87. The van der Waals surface area contributed by atoms with Crippen LogP contribution in [0, 0.1) is 0 Å². The molecule has 0 saturated carbocycles. The van der Waals surface area contributed by atoms with Gasteiger partial charge in [-0.1, -0.05) is 32.0 Å². The second-order valence-corrected chi connectivity index (χ2v) is 4.88. The van der Waals surface area contributed by atoms with Gasteiger partial charge in [-0.3, -0.25) is 0 Å². The summed E-state index contributed by atoms with van der Waals surface area (Å²) < 4.78 is 0. The van der Waals surface area contributed by atoms with Crippen molar-refractivity contribution in [2.75, 3.05) is 11.4 Å². The number of para-hydroxylation sites is 1. The van der Waals surface area contributed by atoms with E-state index in [4.69, 9.17) is 0 Å². The first-order valence-electron chi connectivity index (χ1n) is 6.81. The van der Waals surface area contributed by atoms with E-state index in [2.05, 4.69) is 36.9 Å². The van der Waals surface area contributed by atoms with Gasteiger partial charge in [-0.2, -0.15) is 0 Å². The summed E-state index contributed by atoms with van der Waals surface area (Å²) in [6.07, 6.45) is 4.01. The summed E-state index contributed by atoms with van der Waals surface area (Å²) in [7, 11) is 0. The minimum atomic E-state index is -0.287. The lowest BCUT2D eigenvalue weighted by Crippen LogP contribution is -2.35. The van der Waals surface area contributed by atoms with Gasteiger partial charge in [-0.25, -0.2) is 0 Å². The van der Waals surface area contributed by atoms with Crippen LogP contribution in [0.4, 0.5) is 5.69 Å². The molecule has 0 spiro atoms. The van der Waals surface area contributed by atoms with E-state index >= 15 is 0 Å². The standard InChI is InChI=1S/C15H23NO/c1-3-12(4-2)16-11-7-10-15(17)13-8-5-6-9-14(13)16/h5-6,8-9,12,15,17H,3-4,7,10-11H2,1-2H3. The molecule has 1 aliphatic heterocycles. The summed E-state index contributed by atoms with van der Waals surface area (Å²) in [6.45, 7) is 5.57. The number of aliphatic hydroxyl groups is 1. The lowest BCUT2D eigenvalue weighted by molar-refractivity contribution is 0.168. The number of fused-ring (bicyclic) bond motifs is 1. The summed E-state index contributed by atoms with van der Waals surface area (Å²) >= 11 is 0. The lowest BCUT2D eigenvalue weighted by atomic mass is 10.0. The smallest absolute Gasteiger partial charge is 0.0810 e. The zero-order valence-electron chi connectivity index (χ0n) is 10.9. The van der Waals surface area contributed by atoms with Crippen LogP contribution in [0.1, 0.15) is 51.2 Å². The average Bonchev–Trinajstić information content (AvgIpc) is 2.53. The molecule has 1 aromatic rings. The molecule has 0 radical (unpaired) electrons. The second-order valence-electron chi connectivity index (χ2n) is 4.88. The lowest BCUT2D eigenvalue weighted by Gasteiger charge is -2.33. The third-order valence-electron chi connectivity index (χ3n) is 3.87. The van der Waals surface area contributed by atoms with Crippen molar-refractivity contribution in [3.63, 3.8) is 0 Å². The Bertz CT molecular complexity index is 360. The number of nitrogens with zero attached hydrogens (tertiary/aromatic N) is 1. The zero-order valence-corrected chi connectivity index (χ0v) is 10.9. The van der Waals surface area contributed by atoms with Gasteiger partial charge in [0.1, 0.15) is 0 Å². The molecule has 1 atom stereocenters. The molecule has 1 aromatic carbocycles. The topological polar surface area (TPSA) is 23.5 Å². The van der Waals surface area contributed by atoms with Crippen molar-refractivity contribution >= 4 is 5.69 Å². The molecular formula is C15H23NO. The summed E-state index contributed by atoms with van der Waals surface area (Å²) in [5.41, 5.74) is 2.35. The molecule has 0 bridgehead atoms. The molecule has 2 nitrogen and oxygen atoms in total. The number of hydrogen-bond donors (Lipinski definition) is 1. The van der Waals surface area contributed by atoms with Gasteiger partial charge in [0.05, 0.1) is 6.10 Å². The van der Waals surface area contributed by atoms with Crippen LogP contribution in [0.2, 0.25) is 0 Å². The Balaban J connectivity index is 2.37. The highest BCUT2D eigenvalue weighted by Gasteiger charge is 2.24. The van der Waals surface area contributed by atoms with Crippen LogP contribution in [0.3, 0.4) is 0 Å². The zero-order chi connectivity index (χ0) is 12.3. The first-order valence-corrected chi connectivity index (χ1v) is 6.81. The largest absolute Gasteiger partial charge is 0.388 e. The van der Waals surface area contributed by atoms with Gasteiger partial charge in [0, 0.05) is 23.8 Å². The summed E-state index contributed by atoms with van der Waals surface area (Å²) in [4.78, 5) is 2.49. The van der Waals surface area contributed by atoms with Crippen molar-refractivity contribution in [1.29, 1.82) is 0 Å². The van der Waals surface area contributed by atoms with Crippen molar-refractivity contribution in [2.24, 2.45) is 0 Å². The van der Waals surface area contributed by atoms with Crippen LogP contribution >= 0.6 is 0 Å². The number of benzene rings is 1. The predicted octanol–water partition coefficient (Wildman–Crippen LogP) is 3.51. The predicted molar refractivity (Wildman–Crippen MR) is 72.4 cm³/mol. The van der Waals surface area contributed by atoms with E-state index in [0.717, 1.165) is 24.9 Å². The molecule has 2 rings (SSSR count). The Labute approximate surface area is 104 Å². The van der Waals surface area contributed by atoms with E-state index in [1.165, 1.54) is 18.5 Å². The van der Waals surface area contributed by atoms with Crippen molar-refractivity contribution in [3.05, 3.63) is 29.8 Å². The molecule has 2 heteroatoms. The van der Waals surface area contributed by atoms with E-state index in [1.807, 2.05) is 6.07 Å². The minimum absolute atomic E-state index is 0.287. The van der Waals surface area contributed by atoms with Crippen LogP contribution in [-0.4, -0.2) is 17.7 Å². The molecule has 17 heavy (non-hydrogen) atoms. The Morgan fingerprint density at radius 2 is 2.00 bits per heavy atom. The fourth-order valence-corrected chi connectivity index (χ4v) is 2.87. The van der Waals surface area contributed by atoms with Gasteiger partial charge in [0.2, 0.25) is 0 Å². The average molecular weight is 233 g/mol. The van der Waals surface area contributed by atoms with Crippen LogP contribution in [0.25, 0.3) is 0 Å². The van der Waals surface area contributed by atoms with Crippen molar-refractivity contribution in [2.45, 2.75) is 51.7 Å². The second kappa shape index (κ2) is 5.54. The van der Waals surface area contributed by atoms with Crippen LogP contribution in [0.15, 0.2) is 24.3 Å². The van der Waals surface area contributed by atoms with E-state index in [0.29, 0.717) is 6.04 Å². The Morgan fingerprint density at radius 3 is 2.71 bits per heavy atom. The SMILES string of the molecule is CCC(CC)N1CCCC(O)c2ccccc21. The van der Waals surface area contributed by atoms with Gasteiger partial charge in [-0.05, 0) is 31.7 Å². The molecule has 0 amide bonds. The van der Waals surface area contributed by atoms with E-state index in [9.17, 15) is 5.11 Å². The number of anilines is 1. The molecule has 1 unspecified atom stereocenters. The Morgan fingerprint density at radius 1 is 1.29 bits per heavy atom. The molecule has 1 heterocycles. The first kappa shape index (κ1) is 12.4. The van der Waals surface area contributed by atoms with Gasteiger partial charge in [0.15, 0.2) is 0 Å². The van der Waals surface area contributed by atoms with Crippen molar-refractivity contribution in [1.82, 2.24) is 0 Å². The molecule has 94 valence electrons. The highest BCUT2D eigenvalue weighted by molar-refractivity contribution is 5.56. The quantitative estimate of drug-likeness (QED) is 0.863.